The average Bonchev–Trinajstić information content (AvgIpc) is 3.33. The molecule has 0 saturated heterocycles. The summed E-state index contributed by atoms with van der Waals surface area (Å²) in [4.78, 5) is 24.5. The van der Waals surface area contributed by atoms with Gasteiger partial charge in [0.15, 0.2) is 0 Å². The van der Waals surface area contributed by atoms with E-state index in [9.17, 15) is 19.8 Å². The summed E-state index contributed by atoms with van der Waals surface area (Å²) in [7, 11) is 0. The number of rotatable bonds is 55. The smallest absolute Gasteiger partial charge is 0.305 e. The Morgan fingerprint density at radius 3 is 1.07 bits per heavy atom. The van der Waals surface area contributed by atoms with Crippen molar-refractivity contribution >= 4 is 11.9 Å². The summed E-state index contributed by atoms with van der Waals surface area (Å²) in [5.74, 6) is -0.113. The zero-order chi connectivity index (χ0) is 48.6. The second kappa shape index (κ2) is 56.7. The van der Waals surface area contributed by atoms with Crippen molar-refractivity contribution < 1.29 is 24.5 Å². The SMILES string of the molecule is CCCCCCCCC/C=C\CCCCCCCCCC(=O)OCCCCCCCC/C=C\CCCCCC(=O)NC(CO)C(O)/C=C/CCCCCCCCCCCCCCCCCCC. The number of aliphatic hydroxyl groups excluding tert-OH is 2. The van der Waals surface area contributed by atoms with Gasteiger partial charge in [-0.2, -0.15) is 0 Å². The molecule has 0 rings (SSSR count). The van der Waals surface area contributed by atoms with Crippen molar-refractivity contribution in [3.8, 4) is 0 Å². The summed E-state index contributed by atoms with van der Waals surface area (Å²) in [5.41, 5.74) is 0. The maximum absolute atomic E-state index is 12.5. The van der Waals surface area contributed by atoms with E-state index in [1.165, 1.54) is 218 Å². The second-order valence-corrected chi connectivity index (χ2v) is 20.3. The fraction of sp³-hybridized carbons (Fsp3) is 0.869. The van der Waals surface area contributed by atoms with Crippen LogP contribution in [0.1, 0.15) is 316 Å². The van der Waals surface area contributed by atoms with Gasteiger partial charge in [0, 0.05) is 12.8 Å². The van der Waals surface area contributed by atoms with E-state index in [1.54, 1.807) is 6.08 Å². The molecule has 0 aromatic heterocycles. The summed E-state index contributed by atoms with van der Waals surface area (Å²) in [5, 5.41) is 23.1. The Morgan fingerprint density at radius 2 is 0.701 bits per heavy atom. The highest BCUT2D eigenvalue weighted by Gasteiger charge is 2.18. The molecule has 0 aromatic carbocycles. The fourth-order valence-electron chi connectivity index (χ4n) is 9.03. The van der Waals surface area contributed by atoms with E-state index < -0.39 is 12.1 Å². The predicted octanol–water partition coefficient (Wildman–Crippen LogP) is 18.4. The topological polar surface area (TPSA) is 95.9 Å². The number of allylic oxidation sites excluding steroid dienone is 5. The minimum Gasteiger partial charge on any atom is -0.466 e. The Morgan fingerprint density at radius 1 is 0.403 bits per heavy atom. The lowest BCUT2D eigenvalue weighted by atomic mass is 10.0. The van der Waals surface area contributed by atoms with Gasteiger partial charge >= 0.3 is 5.97 Å². The first-order valence-corrected chi connectivity index (χ1v) is 29.8. The molecule has 6 heteroatoms. The highest BCUT2D eigenvalue weighted by Crippen LogP contribution is 2.16. The Kier molecular flexibility index (Phi) is 55.0. The third-order valence-corrected chi connectivity index (χ3v) is 13.6. The Bertz CT molecular complexity index is 1090. The van der Waals surface area contributed by atoms with Crippen molar-refractivity contribution in [1.29, 1.82) is 0 Å². The molecule has 0 aliphatic rings. The van der Waals surface area contributed by atoms with Crippen LogP contribution in [0.5, 0.6) is 0 Å². The molecule has 0 bridgehead atoms. The number of hydrogen-bond donors (Lipinski definition) is 3. The summed E-state index contributed by atoms with van der Waals surface area (Å²) in [6.07, 6.45) is 70.2. The zero-order valence-electron chi connectivity index (χ0n) is 44.9. The first-order chi connectivity index (χ1) is 33.0. The van der Waals surface area contributed by atoms with E-state index in [0.717, 1.165) is 70.6 Å². The number of nitrogens with one attached hydrogen (secondary N) is 1. The quantitative estimate of drug-likeness (QED) is 0.0321. The standard InChI is InChI=1S/C61H115NO5/c1-3-5-7-9-11-13-15-17-19-21-23-24-26-29-33-37-41-45-49-53-59(64)58(57-63)62-60(65)54-50-46-42-38-34-30-28-32-36-40-44-48-52-56-67-61(66)55-51-47-43-39-35-31-27-25-22-20-18-16-14-12-10-8-6-4-2/h20,22,30,34,49,53,58-59,63-64H,3-19,21,23-29,31-33,35-48,50-52,54-57H2,1-2H3,(H,62,65)/b22-20-,34-30-,53-49+. The largest absolute Gasteiger partial charge is 0.466 e. The zero-order valence-corrected chi connectivity index (χ0v) is 44.9. The molecule has 0 aliphatic heterocycles. The van der Waals surface area contributed by atoms with Crippen LogP contribution in [0.15, 0.2) is 36.5 Å². The summed E-state index contributed by atoms with van der Waals surface area (Å²) >= 11 is 0. The van der Waals surface area contributed by atoms with Crippen LogP contribution in [0, 0.1) is 0 Å². The minimum atomic E-state index is -0.863. The van der Waals surface area contributed by atoms with Gasteiger partial charge in [-0.15, -0.1) is 0 Å². The first-order valence-electron chi connectivity index (χ1n) is 29.8. The number of carbonyl (C=O) groups excluding carboxylic acids is 2. The van der Waals surface area contributed by atoms with E-state index in [1.807, 2.05) is 6.08 Å². The van der Waals surface area contributed by atoms with Crippen molar-refractivity contribution in [2.45, 2.75) is 328 Å². The fourth-order valence-corrected chi connectivity index (χ4v) is 9.03. The molecule has 6 nitrogen and oxygen atoms in total. The first kappa shape index (κ1) is 65.1. The summed E-state index contributed by atoms with van der Waals surface area (Å²) in [6.45, 7) is 4.87. The molecule has 0 fully saturated rings. The lowest BCUT2D eigenvalue weighted by Gasteiger charge is -2.19. The highest BCUT2D eigenvalue weighted by atomic mass is 16.5. The number of aliphatic hydroxyl groups is 2. The van der Waals surface area contributed by atoms with E-state index >= 15 is 0 Å². The number of ether oxygens (including phenoxy) is 1. The third-order valence-electron chi connectivity index (χ3n) is 13.6. The molecule has 67 heavy (non-hydrogen) atoms. The number of esters is 1. The normalized spacial score (nSPS) is 12.8. The van der Waals surface area contributed by atoms with Crippen molar-refractivity contribution in [1.82, 2.24) is 5.32 Å². The Hall–Kier alpha value is -1.92. The molecule has 0 radical (unpaired) electrons. The molecule has 0 heterocycles. The van der Waals surface area contributed by atoms with Crippen molar-refractivity contribution in [3.05, 3.63) is 36.5 Å². The molecule has 0 aromatic rings. The Labute approximate surface area is 417 Å². The van der Waals surface area contributed by atoms with Crippen molar-refractivity contribution in [3.63, 3.8) is 0 Å². The molecule has 394 valence electrons. The average molecular weight is 943 g/mol. The minimum absolute atomic E-state index is 0.0168. The van der Waals surface area contributed by atoms with Gasteiger partial charge in [-0.1, -0.05) is 256 Å². The van der Waals surface area contributed by atoms with Crippen molar-refractivity contribution in [2.75, 3.05) is 13.2 Å². The maximum Gasteiger partial charge on any atom is 0.305 e. The Balaban J connectivity index is 3.51. The number of carbonyl (C=O) groups is 2. The second-order valence-electron chi connectivity index (χ2n) is 20.3. The highest BCUT2D eigenvalue weighted by molar-refractivity contribution is 5.76. The van der Waals surface area contributed by atoms with E-state index in [4.69, 9.17) is 4.74 Å². The van der Waals surface area contributed by atoms with E-state index in [-0.39, 0.29) is 18.5 Å². The monoisotopic (exact) mass is 942 g/mol. The maximum atomic E-state index is 12.5. The molecule has 2 unspecified atom stereocenters. The van der Waals surface area contributed by atoms with Gasteiger partial charge in [-0.25, -0.2) is 0 Å². The van der Waals surface area contributed by atoms with E-state index in [0.29, 0.717) is 19.4 Å². The molecule has 0 aliphatic carbocycles. The van der Waals surface area contributed by atoms with Gasteiger partial charge in [0.05, 0.1) is 25.4 Å². The predicted molar refractivity (Wildman–Crippen MR) is 292 cm³/mol. The molecule has 3 N–H and O–H groups in total. The molecular formula is C61H115NO5. The van der Waals surface area contributed by atoms with Gasteiger partial charge in [0.25, 0.3) is 0 Å². The summed E-state index contributed by atoms with van der Waals surface area (Å²) in [6, 6.07) is -0.649. The molecule has 0 saturated carbocycles. The summed E-state index contributed by atoms with van der Waals surface area (Å²) < 4.78 is 5.47. The molecule has 1 amide bonds. The van der Waals surface area contributed by atoms with Gasteiger partial charge in [0.1, 0.15) is 0 Å². The van der Waals surface area contributed by atoms with Crippen LogP contribution in [0.4, 0.5) is 0 Å². The van der Waals surface area contributed by atoms with Crippen LogP contribution in [-0.4, -0.2) is 47.4 Å². The van der Waals surface area contributed by atoms with Crippen LogP contribution >= 0.6 is 0 Å². The van der Waals surface area contributed by atoms with Crippen LogP contribution in [0.2, 0.25) is 0 Å². The molecule has 0 spiro atoms. The van der Waals surface area contributed by atoms with Crippen LogP contribution in [0.25, 0.3) is 0 Å². The van der Waals surface area contributed by atoms with Gasteiger partial charge in [-0.05, 0) is 83.5 Å². The van der Waals surface area contributed by atoms with Crippen LogP contribution < -0.4 is 5.32 Å². The van der Waals surface area contributed by atoms with Gasteiger partial charge < -0.3 is 20.3 Å². The molecular weight excluding hydrogens is 827 g/mol. The van der Waals surface area contributed by atoms with Crippen LogP contribution in [-0.2, 0) is 14.3 Å². The number of amides is 1. The number of unbranched alkanes of at least 4 members (excludes halogenated alkanes) is 40. The lowest BCUT2D eigenvalue weighted by molar-refractivity contribution is -0.143. The van der Waals surface area contributed by atoms with Crippen LogP contribution in [0.3, 0.4) is 0 Å². The van der Waals surface area contributed by atoms with Gasteiger partial charge in [-0.3, -0.25) is 9.59 Å². The molecule has 2 atom stereocenters. The van der Waals surface area contributed by atoms with E-state index in [2.05, 4.69) is 43.5 Å². The van der Waals surface area contributed by atoms with Crippen molar-refractivity contribution in [2.24, 2.45) is 0 Å². The third kappa shape index (κ3) is 53.3. The lowest BCUT2D eigenvalue weighted by Crippen LogP contribution is -2.45. The van der Waals surface area contributed by atoms with Gasteiger partial charge in [0.2, 0.25) is 5.91 Å². The number of hydrogen-bond acceptors (Lipinski definition) is 5.